The van der Waals surface area contributed by atoms with Crippen LogP contribution in [0.5, 0.6) is 5.75 Å². The van der Waals surface area contributed by atoms with Crippen molar-refractivity contribution < 1.29 is 9.84 Å². The predicted octanol–water partition coefficient (Wildman–Crippen LogP) is 2.35. The van der Waals surface area contributed by atoms with Crippen LogP contribution in [0.4, 0.5) is 0 Å². The summed E-state index contributed by atoms with van der Waals surface area (Å²) in [4.78, 5) is 0. The van der Waals surface area contributed by atoms with Crippen molar-refractivity contribution in [3.8, 4) is 5.75 Å². The molecule has 94 valence electrons. The van der Waals surface area contributed by atoms with Gasteiger partial charge in [0.05, 0.1) is 13.2 Å². The van der Waals surface area contributed by atoms with Gasteiger partial charge in [0.15, 0.2) is 0 Å². The van der Waals surface area contributed by atoms with E-state index in [4.69, 9.17) is 16.3 Å². The van der Waals surface area contributed by atoms with Gasteiger partial charge in [-0.1, -0.05) is 17.7 Å². The van der Waals surface area contributed by atoms with Crippen LogP contribution in [0.3, 0.4) is 0 Å². The molecule has 1 saturated carbocycles. The predicted molar refractivity (Wildman–Crippen MR) is 68.5 cm³/mol. The molecule has 3 nitrogen and oxygen atoms in total. The summed E-state index contributed by atoms with van der Waals surface area (Å²) >= 11 is 6.15. The second kappa shape index (κ2) is 5.71. The molecule has 0 saturated heterocycles. The normalized spacial score (nSPS) is 23.9. The first-order valence-corrected chi connectivity index (χ1v) is 6.33. The summed E-state index contributed by atoms with van der Waals surface area (Å²) < 4.78 is 5.28. The van der Waals surface area contributed by atoms with E-state index in [-0.39, 0.29) is 12.1 Å². The molecular formula is C13H18ClNO2. The zero-order valence-corrected chi connectivity index (χ0v) is 10.7. The third kappa shape index (κ3) is 2.92. The molecule has 1 fully saturated rings. The lowest BCUT2D eigenvalue weighted by atomic mass is 10.1. The van der Waals surface area contributed by atoms with Crippen molar-refractivity contribution in [1.29, 1.82) is 0 Å². The van der Waals surface area contributed by atoms with Crippen LogP contribution in [0.25, 0.3) is 0 Å². The molecule has 0 unspecified atom stereocenters. The molecule has 0 radical (unpaired) electrons. The van der Waals surface area contributed by atoms with Crippen molar-refractivity contribution in [2.24, 2.45) is 0 Å². The lowest BCUT2D eigenvalue weighted by Gasteiger charge is -2.18. The molecule has 17 heavy (non-hydrogen) atoms. The van der Waals surface area contributed by atoms with Gasteiger partial charge in [-0.25, -0.2) is 0 Å². The molecule has 1 aromatic carbocycles. The Labute approximate surface area is 107 Å². The van der Waals surface area contributed by atoms with E-state index >= 15 is 0 Å². The smallest absolute Gasteiger partial charge is 0.124 e. The van der Waals surface area contributed by atoms with E-state index in [9.17, 15) is 5.11 Å². The van der Waals surface area contributed by atoms with Gasteiger partial charge in [0.25, 0.3) is 0 Å². The van der Waals surface area contributed by atoms with Crippen LogP contribution in [0.15, 0.2) is 18.2 Å². The Balaban J connectivity index is 2.03. The van der Waals surface area contributed by atoms with Crippen LogP contribution < -0.4 is 10.1 Å². The van der Waals surface area contributed by atoms with Crippen LogP contribution in [-0.2, 0) is 6.54 Å². The van der Waals surface area contributed by atoms with Crippen LogP contribution >= 0.6 is 11.6 Å². The summed E-state index contributed by atoms with van der Waals surface area (Å²) in [6.07, 6.45) is 2.76. The van der Waals surface area contributed by atoms with Gasteiger partial charge in [-0.3, -0.25) is 0 Å². The Bertz CT molecular complexity index is 384. The average Bonchev–Trinajstić information content (AvgIpc) is 2.73. The lowest BCUT2D eigenvalue weighted by molar-refractivity contribution is 0.148. The van der Waals surface area contributed by atoms with Crippen LogP contribution in [0.2, 0.25) is 5.02 Å². The average molecular weight is 256 g/mol. The summed E-state index contributed by atoms with van der Waals surface area (Å²) in [5.74, 6) is 0.789. The van der Waals surface area contributed by atoms with Crippen LogP contribution in [0.1, 0.15) is 24.8 Å². The van der Waals surface area contributed by atoms with Crippen molar-refractivity contribution in [3.63, 3.8) is 0 Å². The monoisotopic (exact) mass is 255 g/mol. The van der Waals surface area contributed by atoms with E-state index in [0.717, 1.165) is 30.6 Å². The Morgan fingerprint density at radius 2 is 2.29 bits per heavy atom. The number of ether oxygens (including phenoxy) is 1. The molecule has 1 aromatic rings. The molecule has 4 heteroatoms. The fraction of sp³-hybridized carbons (Fsp3) is 0.538. The lowest BCUT2D eigenvalue weighted by Crippen LogP contribution is -2.35. The third-order valence-electron chi connectivity index (χ3n) is 3.32. The maximum atomic E-state index is 9.74. The summed E-state index contributed by atoms with van der Waals surface area (Å²) in [5.41, 5.74) is 0.954. The SMILES string of the molecule is COc1cccc(Cl)c1CN[C@H]1CCC[C@@H]1O. The summed E-state index contributed by atoms with van der Waals surface area (Å²) in [6.45, 7) is 0.630. The minimum Gasteiger partial charge on any atom is -0.496 e. The highest BCUT2D eigenvalue weighted by molar-refractivity contribution is 6.31. The quantitative estimate of drug-likeness (QED) is 0.868. The number of halogens is 1. The number of benzene rings is 1. The number of aliphatic hydroxyl groups is 1. The summed E-state index contributed by atoms with van der Waals surface area (Å²) in [5, 5.41) is 13.8. The second-order valence-electron chi connectivity index (χ2n) is 4.41. The standard InChI is InChI=1S/C13H18ClNO2/c1-17-13-7-2-4-10(14)9(13)8-15-11-5-3-6-12(11)16/h2,4,7,11-12,15-16H,3,5-6,8H2,1H3/t11-,12-/m0/s1. The van der Waals surface area contributed by atoms with Crippen molar-refractivity contribution in [2.45, 2.75) is 38.0 Å². The molecule has 2 N–H and O–H groups in total. The van der Waals surface area contributed by atoms with Crippen LogP contribution in [0, 0.1) is 0 Å². The molecule has 1 aliphatic carbocycles. The van der Waals surface area contributed by atoms with Crippen molar-refractivity contribution >= 4 is 11.6 Å². The van der Waals surface area contributed by atoms with E-state index in [0.29, 0.717) is 11.6 Å². The number of aliphatic hydroxyl groups excluding tert-OH is 1. The molecule has 0 aliphatic heterocycles. The largest absolute Gasteiger partial charge is 0.496 e. The van der Waals surface area contributed by atoms with E-state index in [2.05, 4.69) is 5.32 Å². The van der Waals surface area contributed by atoms with E-state index in [1.54, 1.807) is 7.11 Å². The Kier molecular flexibility index (Phi) is 4.26. The molecule has 0 spiro atoms. The van der Waals surface area contributed by atoms with E-state index in [1.165, 1.54) is 0 Å². The van der Waals surface area contributed by atoms with Crippen molar-refractivity contribution in [3.05, 3.63) is 28.8 Å². The van der Waals surface area contributed by atoms with Gasteiger partial charge in [0.2, 0.25) is 0 Å². The minimum absolute atomic E-state index is 0.177. The van der Waals surface area contributed by atoms with Gasteiger partial charge < -0.3 is 15.2 Å². The first-order valence-electron chi connectivity index (χ1n) is 5.95. The Hall–Kier alpha value is -0.770. The van der Waals surface area contributed by atoms with E-state index < -0.39 is 0 Å². The second-order valence-corrected chi connectivity index (χ2v) is 4.81. The Morgan fingerprint density at radius 1 is 1.47 bits per heavy atom. The van der Waals surface area contributed by atoms with E-state index in [1.807, 2.05) is 18.2 Å². The molecule has 0 heterocycles. The fourth-order valence-electron chi connectivity index (χ4n) is 2.31. The number of hydrogen-bond acceptors (Lipinski definition) is 3. The van der Waals surface area contributed by atoms with Gasteiger partial charge >= 0.3 is 0 Å². The van der Waals surface area contributed by atoms with Gasteiger partial charge in [-0.15, -0.1) is 0 Å². The van der Waals surface area contributed by atoms with Gasteiger partial charge in [0.1, 0.15) is 5.75 Å². The number of hydrogen-bond donors (Lipinski definition) is 2. The first kappa shape index (κ1) is 12.7. The molecule has 0 aromatic heterocycles. The summed E-state index contributed by atoms with van der Waals surface area (Å²) in [7, 11) is 1.64. The zero-order valence-electron chi connectivity index (χ0n) is 9.95. The summed E-state index contributed by atoms with van der Waals surface area (Å²) in [6, 6.07) is 5.80. The minimum atomic E-state index is -0.233. The first-order chi connectivity index (χ1) is 8.22. The van der Waals surface area contributed by atoms with Crippen LogP contribution in [-0.4, -0.2) is 24.4 Å². The molecule has 2 atom stereocenters. The molecule has 1 aliphatic rings. The fourth-order valence-corrected chi connectivity index (χ4v) is 2.55. The molecule has 2 rings (SSSR count). The highest BCUT2D eigenvalue weighted by Gasteiger charge is 2.24. The van der Waals surface area contributed by atoms with Gasteiger partial charge in [0, 0.05) is 23.2 Å². The van der Waals surface area contributed by atoms with Crippen molar-refractivity contribution in [1.82, 2.24) is 5.32 Å². The maximum Gasteiger partial charge on any atom is 0.124 e. The highest BCUT2D eigenvalue weighted by Crippen LogP contribution is 2.27. The van der Waals surface area contributed by atoms with Gasteiger partial charge in [-0.05, 0) is 31.4 Å². The topological polar surface area (TPSA) is 41.5 Å². The molecular weight excluding hydrogens is 238 g/mol. The van der Waals surface area contributed by atoms with Crippen molar-refractivity contribution in [2.75, 3.05) is 7.11 Å². The number of nitrogens with one attached hydrogen (secondary N) is 1. The third-order valence-corrected chi connectivity index (χ3v) is 3.67. The number of methoxy groups -OCH3 is 1. The number of rotatable bonds is 4. The highest BCUT2D eigenvalue weighted by atomic mass is 35.5. The van der Waals surface area contributed by atoms with Gasteiger partial charge in [-0.2, -0.15) is 0 Å². The molecule has 0 bridgehead atoms. The zero-order chi connectivity index (χ0) is 12.3. The maximum absolute atomic E-state index is 9.74. The Morgan fingerprint density at radius 3 is 2.94 bits per heavy atom. The molecule has 0 amide bonds.